The number of para-hydroxylation sites is 2. The first-order chi connectivity index (χ1) is 12.9. The molecule has 140 valence electrons. The molecule has 3 rings (SSSR count). The van der Waals surface area contributed by atoms with Gasteiger partial charge in [-0.1, -0.05) is 24.3 Å². The van der Waals surface area contributed by atoms with Gasteiger partial charge in [-0.15, -0.1) is 0 Å². The summed E-state index contributed by atoms with van der Waals surface area (Å²) >= 11 is 2.15. The van der Waals surface area contributed by atoms with Crippen molar-refractivity contribution in [2.24, 2.45) is 0 Å². The number of halogens is 3. The van der Waals surface area contributed by atoms with Crippen LogP contribution in [-0.2, 0) is 4.57 Å². The van der Waals surface area contributed by atoms with Crippen LogP contribution >= 0.6 is 30.3 Å². The molecule has 0 amide bonds. The largest absolute Gasteiger partial charge is 0.541 e. The third-order valence-electron chi connectivity index (χ3n) is 3.56. The van der Waals surface area contributed by atoms with Crippen LogP contribution in [0.3, 0.4) is 0 Å². The van der Waals surface area contributed by atoms with Gasteiger partial charge in [0.25, 0.3) is 0 Å². The SMILES string of the molecule is Cc1cc(I)ccc1NP(=O)(Oc1ccccc1F)Oc1ccccc1F. The van der Waals surface area contributed by atoms with Gasteiger partial charge in [-0.3, -0.25) is 5.09 Å². The lowest BCUT2D eigenvalue weighted by molar-refractivity contribution is 0.373. The van der Waals surface area contributed by atoms with Gasteiger partial charge >= 0.3 is 7.75 Å². The fourth-order valence-corrected chi connectivity index (χ4v) is 4.40. The summed E-state index contributed by atoms with van der Waals surface area (Å²) in [5.41, 5.74) is 1.24. The molecule has 0 radical (unpaired) electrons. The first kappa shape index (κ1) is 19.6. The van der Waals surface area contributed by atoms with E-state index < -0.39 is 19.4 Å². The fourth-order valence-electron chi connectivity index (χ4n) is 2.26. The van der Waals surface area contributed by atoms with Crippen molar-refractivity contribution >= 4 is 36.0 Å². The summed E-state index contributed by atoms with van der Waals surface area (Å²) in [4.78, 5) is 0. The van der Waals surface area contributed by atoms with Crippen molar-refractivity contribution in [3.63, 3.8) is 0 Å². The third kappa shape index (κ3) is 4.99. The molecule has 0 heterocycles. The lowest BCUT2D eigenvalue weighted by atomic mass is 10.2. The van der Waals surface area contributed by atoms with Crippen LogP contribution in [0, 0.1) is 22.1 Å². The van der Waals surface area contributed by atoms with E-state index in [1.54, 1.807) is 19.1 Å². The number of hydrogen-bond acceptors (Lipinski definition) is 3. The quantitative estimate of drug-likeness (QED) is 0.307. The molecule has 0 unspecified atom stereocenters. The second-order valence-corrected chi connectivity index (χ2v) is 8.44. The van der Waals surface area contributed by atoms with Crippen LogP contribution in [0.1, 0.15) is 5.56 Å². The third-order valence-corrected chi connectivity index (χ3v) is 5.62. The zero-order chi connectivity index (χ0) is 19.4. The van der Waals surface area contributed by atoms with E-state index >= 15 is 0 Å². The van der Waals surface area contributed by atoms with Gasteiger partial charge in [-0.05, 0) is 77.5 Å². The lowest BCUT2D eigenvalue weighted by Gasteiger charge is -2.22. The Labute approximate surface area is 169 Å². The Kier molecular flexibility index (Phi) is 6.01. The minimum atomic E-state index is -4.21. The second kappa shape index (κ2) is 8.27. The van der Waals surface area contributed by atoms with E-state index in [0.29, 0.717) is 5.69 Å². The Morgan fingerprint density at radius 1 is 0.889 bits per heavy atom. The normalized spacial score (nSPS) is 11.1. The van der Waals surface area contributed by atoms with E-state index in [4.69, 9.17) is 9.05 Å². The van der Waals surface area contributed by atoms with Gasteiger partial charge in [0.2, 0.25) is 0 Å². The van der Waals surface area contributed by atoms with Crippen LogP contribution in [0.5, 0.6) is 11.5 Å². The van der Waals surface area contributed by atoms with E-state index in [-0.39, 0.29) is 11.5 Å². The first-order valence-electron chi connectivity index (χ1n) is 7.89. The number of benzene rings is 3. The van der Waals surface area contributed by atoms with Crippen molar-refractivity contribution in [2.75, 3.05) is 5.09 Å². The molecular formula is C19H15F2INO3P. The predicted molar refractivity (Wildman–Crippen MR) is 109 cm³/mol. The fraction of sp³-hybridized carbons (Fsp3) is 0.0526. The molecule has 0 aliphatic heterocycles. The van der Waals surface area contributed by atoms with Crippen LogP contribution in [0.2, 0.25) is 0 Å². The molecule has 0 saturated carbocycles. The molecule has 0 aromatic heterocycles. The molecule has 4 nitrogen and oxygen atoms in total. The number of hydrogen-bond donors (Lipinski definition) is 1. The molecule has 0 spiro atoms. The number of rotatable bonds is 6. The Hall–Kier alpha value is -2.12. The molecule has 0 atom stereocenters. The summed E-state index contributed by atoms with van der Waals surface area (Å²) in [6.07, 6.45) is 0. The molecule has 3 aromatic rings. The van der Waals surface area contributed by atoms with Gasteiger partial charge in [0.05, 0.1) is 0 Å². The molecule has 8 heteroatoms. The Morgan fingerprint density at radius 3 is 1.89 bits per heavy atom. The zero-order valence-corrected chi connectivity index (χ0v) is 17.2. The molecule has 3 aromatic carbocycles. The molecule has 0 aliphatic carbocycles. The van der Waals surface area contributed by atoms with Crippen molar-refractivity contribution in [1.29, 1.82) is 0 Å². The van der Waals surface area contributed by atoms with Crippen molar-refractivity contribution in [1.82, 2.24) is 0 Å². The van der Waals surface area contributed by atoms with E-state index in [1.807, 2.05) is 6.07 Å². The average Bonchev–Trinajstić information content (AvgIpc) is 2.62. The van der Waals surface area contributed by atoms with E-state index in [9.17, 15) is 13.3 Å². The summed E-state index contributed by atoms with van der Waals surface area (Å²) in [5, 5.41) is 2.68. The smallest absolute Gasteiger partial charge is 0.397 e. The van der Waals surface area contributed by atoms with Crippen LogP contribution in [0.15, 0.2) is 66.7 Å². The molecule has 1 N–H and O–H groups in total. The number of nitrogens with one attached hydrogen (secondary N) is 1. The van der Waals surface area contributed by atoms with Gasteiger partial charge in [0.1, 0.15) is 0 Å². The number of aryl methyl sites for hydroxylation is 1. The van der Waals surface area contributed by atoms with Crippen molar-refractivity contribution in [3.05, 3.63) is 87.5 Å². The summed E-state index contributed by atoms with van der Waals surface area (Å²) in [5.74, 6) is -1.97. The highest BCUT2D eigenvalue weighted by molar-refractivity contribution is 14.1. The molecule has 0 bridgehead atoms. The van der Waals surface area contributed by atoms with E-state index in [0.717, 1.165) is 9.13 Å². The predicted octanol–water partition coefficient (Wildman–Crippen LogP) is 6.56. The molecule has 27 heavy (non-hydrogen) atoms. The molecule has 0 aliphatic rings. The van der Waals surface area contributed by atoms with Gasteiger partial charge in [0, 0.05) is 9.26 Å². The summed E-state index contributed by atoms with van der Waals surface area (Å²) in [6, 6.07) is 16.3. The highest BCUT2D eigenvalue weighted by Crippen LogP contribution is 2.49. The van der Waals surface area contributed by atoms with Crippen molar-refractivity contribution in [3.8, 4) is 11.5 Å². The van der Waals surface area contributed by atoms with Crippen molar-refractivity contribution < 1.29 is 22.4 Å². The summed E-state index contributed by atoms with van der Waals surface area (Å²) in [6.45, 7) is 1.81. The second-order valence-electron chi connectivity index (χ2n) is 5.61. The van der Waals surface area contributed by atoms with Gasteiger partial charge in [-0.25, -0.2) is 13.3 Å². The van der Waals surface area contributed by atoms with Crippen LogP contribution in [0.4, 0.5) is 14.5 Å². The molecular weight excluding hydrogens is 486 g/mol. The standard InChI is InChI=1S/C19H15F2INO3P/c1-13-12-14(22)10-11-17(13)23-27(24,25-18-8-4-2-6-15(18)20)26-19-9-5-3-7-16(19)21/h2-12H,1H3,(H,23,24). The van der Waals surface area contributed by atoms with Crippen LogP contribution < -0.4 is 14.1 Å². The van der Waals surface area contributed by atoms with Gasteiger partial charge in [0.15, 0.2) is 23.1 Å². The minimum absolute atomic E-state index is 0.271. The maximum Gasteiger partial charge on any atom is 0.541 e. The Morgan fingerprint density at radius 2 is 1.41 bits per heavy atom. The Balaban J connectivity index is 1.98. The van der Waals surface area contributed by atoms with E-state index in [1.165, 1.54) is 48.5 Å². The summed E-state index contributed by atoms with van der Waals surface area (Å²) in [7, 11) is -4.21. The molecule has 0 saturated heterocycles. The average molecular weight is 501 g/mol. The van der Waals surface area contributed by atoms with Gasteiger partial charge < -0.3 is 9.05 Å². The zero-order valence-electron chi connectivity index (χ0n) is 14.2. The highest BCUT2D eigenvalue weighted by Gasteiger charge is 2.31. The van der Waals surface area contributed by atoms with Crippen LogP contribution in [0.25, 0.3) is 0 Å². The number of anilines is 1. The summed E-state index contributed by atoms with van der Waals surface area (Å²) < 4.78 is 53.1. The highest BCUT2D eigenvalue weighted by atomic mass is 127. The van der Waals surface area contributed by atoms with Gasteiger partial charge in [-0.2, -0.15) is 0 Å². The maximum absolute atomic E-state index is 14.0. The lowest BCUT2D eigenvalue weighted by Crippen LogP contribution is -2.12. The Bertz CT molecular complexity index is 964. The molecule has 0 fully saturated rings. The van der Waals surface area contributed by atoms with Crippen molar-refractivity contribution in [2.45, 2.75) is 6.92 Å². The minimum Gasteiger partial charge on any atom is -0.397 e. The van der Waals surface area contributed by atoms with E-state index in [2.05, 4.69) is 27.7 Å². The first-order valence-corrected chi connectivity index (χ1v) is 10.5. The monoisotopic (exact) mass is 501 g/mol. The topological polar surface area (TPSA) is 47.6 Å². The van der Waals surface area contributed by atoms with Crippen LogP contribution in [-0.4, -0.2) is 0 Å². The maximum atomic E-state index is 14.0.